The summed E-state index contributed by atoms with van der Waals surface area (Å²) in [5.74, 6) is -1.39. The van der Waals surface area contributed by atoms with E-state index < -0.39 is 29.8 Å². The highest BCUT2D eigenvalue weighted by molar-refractivity contribution is 7.07. The van der Waals surface area contributed by atoms with Crippen LogP contribution in [0, 0.1) is 0 Å². The second kappa shape index (κ2) is 6.72. The molecule has 0 atom stereocenters. The zero-order valence-corrected chi connectivity index (χ0v) is 13.6. The number of hydrogen-bond donors (Lipinski definition) is 0. The Balaban J connectivity index is 1.97. The maximum Gasteiger partial charge on any atom is 0.406 e. The van der Waals surface area contributed by atoms with Crippen molar-refractivity contribution in [3.05, 3.63) is 68.7 Å². The van der Waals surface area contributed by atoms with Gasteiger partial charge in [-0.1, -0.05) is 12.1 Å². The topological polar surface area (TPSA) is 50.5 Å². The van der Waals surface area contributed by atoms with Gasteiger partial charge in [-0.2, -0.15) is 24.5 Å². The number of amides is 1. The Hall–Kier alpha value is -2.61. The molecular formula is C17H12F3NO3S. The van der Waals surface area contributed by atoms with Crippen LogP contribution in [0.5, 0.6) is 0 Å². The minimum absolute atomic E-state index is 0.154. The van der Waals surface area contributed by atoms with Crippen molar-refractivity contribution in [1.82, 2.24) is 4.90 Å². The number of para-hydroxylation sites is 1. The molecule has 3 rings (SSSR count). The number of benzene rings is 1. The van der Waals surface area contributed by atoms with E-state index in [1.54, 1.807) is 29.0 Å². The number of nitrogens with zero attached hydrogens (tertiary/aromatic N) is 1. The lowest BCUT2D eigenvalue weighted by molar-refractivity contribution is -0.141. The van der Waals surface area contributed by atoms with E-state index in [0.717, 1.165) is 6.07 Å². The van der Waals surface area contributed by atoms with Crippen molar-refractivity contribution < 1.29 is 22.4 Å². The van der Waals surface area contributed by atoms with E-state index in [9.17, 15) is 22.8 Å². The fourth-order valence-electron chi connectivity index (χ4n) is 2.38. The minimum atomic E-state index is -4.57. The molecule has 4 nitrogen and oxygen atoms in total. The van der Waals surface area contributed by atoms with Crippen molar-refractivity contribution in [1.29, 1.82) is 0 Å². The zero-order valence-electron chi connectivity index (χ0n) is 12.7. The van der Waals surface area contributed by atoms with E-state index in [1.165, 1.54) is 23.5 Å². The van der Waals surface area contributed by atoms with Crippen molar-refractivity contribution in [3.8, 4) is 0 Å². The van der Waals surface area contributed by atoms with E-state index in [1.807, 2.05) is 0 Å². The standard InChI is InChI=1S/C17H12F3NO3S/c18-17(19,20)10-21(8-11-5-6-25-9-11)16(23)15-7-13(22)12-3-1-2-4-14(12)24-15/h1-7,9H,8,10H2. The van der Waals surface area contributed by atoms with Crippen LogP contribution in [0.15, 0.2) is 56.4 Å². The summed E-state index contributed by atoms with van der Waals surface area (Å²) in [5.41, 5.74) is 0.249. The maximum absolute atomic E-state index is 12.9. The fraction of sp³-hybridized carbons (Fsp3) is 0.176. The first kappa shape index (κ1) is 17.2. The Bertz CT molecular complexity index is 948. The summed E-state index contributed by atoms with van der Waals surface area (Å²) in [6, 6.07) is 8.82. The molecule has 2 aromatic heterocycles. The van der Waals surface area contributed by atoms with Gasteiger partial charge < -0.3 is 9.32 Å². The number of carbonyl (C=O) groups excluding carboxylic acids is 1. The summed E-state index contributed by atoms with van der Waals surface area (Å²) in [4.78, 5) is 25.2. The molecule has 0 N–H and O–H groups in total. The second-order valence-electron chi connectivity index (χ2n) is 5.38. The summed E-state index contributed by atoms with van der Waals surface area (Å²) >= 11 is 1.32. The van der Waals surface area contributed by atoms with Gasteiger partial charge in [-0.05, 0) is 34.5 Å². The number of halogens is 3. The van der Waals surface area contributed by atoms with Crippen LogP contribution in [0.1, 0.15) is 16.1 Å². The molecule has 0 saturated carbocycles. The maximum atomic E-state index is 12.9. The lowest BCUT2D eigenvalue weighted by Gasteiger charge is -2.23. The van der Waals surface area contributed by atoms with E-state index in [2.05, 4.69) is 0 Å². The highest BCUT2D eigenvalue weighted by Gasteiger charge is 2.34. The SMILES string of the molecule is O=C(c1cc(=O)c2ccccc2o1)N(Cc1ccsc1)CC(F)(F)F. The van der Waals surface area contributed by atoms with Gasteiger partial charge >= 0.3 is 6.18 Å². The summed E-state index contributed by atoms with van der Waals surface area (Å²) in [7, 11) is 0. The van der Waals surface area contributed by atoms with Crippen molar-refractivity contribution in [2.45, 2.75) is 12.7 Å². The van der Waals surface area contributed by atoms with E-state index >= 15 is 0 Å². The molecule has 1 aromatic carbocycles. The lowest BCUT2D eigenvalue weighted by atomic mass is 10.2. The molecule has 2 heterocycles. The molecule has 0 saturated heterocycles. The van der Waals surface area contributed by atoms with Gasteiger partial charge in [0.1, 0.15) is 12.1 Å². The molecule has 0 radical (unpaired) electrons. The monoisotopic (exact) mass is 367 g/mol. The van der Waals surface area contributed by atoms with E-state index in [0.29, 0.717) is 10.5 Å². The Morgan fingerprint density at radius 1 is 1.20 bits per heavy atom. The van der Waals surface area contributed by atoms with Gasteiger partial charge in [0.05, 0.1) is 5.39 Å². The molecule has 0 fully saturated rings. The molecule has 0 spiro atoms. The molecular weight excluding hydrogens is 355 g/mol. The van der Waals surface area contributed by atoms with Crippen LogP contribution < -0.4 is 5.43 Å². The molecule has 0 unspecified atom stereocenters. The van der Waals surface area contributed by atoms with Crippen LogP contribution in [-0.4, -0.2) is 23.5 Å². The average Bonchev–Trinajstić information content (AvgIpc) is 3.05. The number of hydrogen-bond acceptors (Lipinski definition) is 4. The predicted molar refractivity (Wildman–Crippen MR) is 87.6 cm³/mol. The highest BCUT2D eigenvalue weighted by atomic mass is 32.1. The lowest BCUT2D eigenvalue weighted by Crippen LogP contribution is -2.38. The average molecular weight is 367 g/mol. The van der Waals surface area contributed by atoms with Crippen molar-refractivity contribution in [2.24, 2.45) is 0 Å². The first-order valence-corrected chi connectivity index (χ1v) is 8.18. The van der Waals surface area contributed by atoms with Crippen molar-refractivity contribution in [2.75, 3.05) is 6.54 Å². The number of fused-ring (bicyclic) bond motifs is 1. The number of carbonyl (C=O) groups is 1. The first-order valence-electron chi connectivity index (χ1n) is 7.23. The van der Waals surface area contributed by atoms with Crippen molar-refractivity contribution in [3.63, 3.8) is 0 Å². The van der Waals surface area contributed by atoms with Crippen molar-refractivity contribution >= 4 is 28.2 Å². The Morgan fingerprint density at radius 3 is 2.64 bits per heavy atom. The Kier molecular flexibility index (Phi) is 4.63. The van der Waals surface area contributed by atoms with Gasteiger partial charge in [0, 0.05) is 12.6 Å². The van der Waals surface area contributed by atoms with Gasteiger partial charge in [-0.25, -0.2) is 0 Å². The smallest absolute Gasteiger partial charge is 0.406 e. The summed E-state index contributed by atoms with van der Waals surface area (Å²) in [6.07, 6.45) is -4.57. The summed E-state index contributed by atoms with van der Waals surface area (Å²) in [6.45, 7) is -1.66. The first-order chi connectivity index (χ1) is 11.8. The quantitative estimate of drug-likeness (QED) is 0.699. The summed E-state index contributed by atoms with van der Waals surface area (Å²) in [5, 5.41) is 3.63. The molecule has 0 aliphatic heterocycles. The van der Waals surface area contributed by atoms with Gasteiger partial charge in [0.15, 0.2) is 11.2 Å². The number of rotatable bonds is 4. The number of alkyl halides is 3. The highest BCUT2D eigenvalue weighted by Crippen LogP contribution is 2.21. The number of thiophene rings is 1. The second-order valence-corrected chi connectivity index (χ2v) is 6.16. The van der Waals surface area contributed by atoms with Crippen LogP contribution in [0.25, 0.3) is 11.0 Å². The third kappa shape index (κ3) is 4.08. The molecule has 3 aromatic rings. The molecule has 8 heteroatoms. The Morgan fingerprint density at radius 2 is 1.96 bits per heavy atom. The molecule has 1 amide bonds. The Labute approximate surface area is 144 Å². The third-order valence-electron chi connectivity index (χ3n) is 3.46. The molecule has 0 aliphatic rings. The van der Waals surface area contributed by atoms with Gasteiger partial charge in [0.25, 0.3) is 5.91 Å². The molecule has 130 valence electrons. The largest absolute Gasteiger partial charge is 0.451 e. The van der Waals surface area contributed by atoms with Crippen LogP contribution in [0.4, 0.5) is 13.2 Å². The van der Waals surface area contributed by atoms with Crippen LogP contribution in [-0.2, 0) is 6.54 Å². The van der Waals surface area contributed by atoms with E-state index in [-0.39, 0.29) is 17.5 Å². The molecule has 25 heavy (non-hydrogen) atoms. The normalized spacial score (nSPS) is 11.6. The van der Waals surface area contributed by atoms with Crippen LogP contribution in [0.3, 0.4) is 0 Å². The minimum Gasteiger partial charge on any atom is -0.451 e. The van der Waals surface area contributed by atoms with Gasteiger partial charge in [-0.3, -0.25) is 9.59 Å². The van der Waals surface area contributed by atoms with Crippen LogP contribution in [0.2, 0.25) is 0 Å². The summed E-state index contributed by atoms with van der Waals surface area (Å²) < 4.78 is 43.9. The van der Waals surface area contributed by atoms with Gasteiger partial charge in [-0.15, -0.1) is 0 Å². The zero-order chi connectivity index (χ0) is 18.0. The van der Waals surface area contributed by atoms with Gasteiger partial charge in [0.2, 0.25) is 0 Å². The fourth-order valence-corrected chi connectivity index (χ4v) is 3.04. The predicted octanol–water partition coefficient (Wildman–Crippen LogP) is 4.06. The molecule has 0 bridgehead atoms. The molecule has 0 aliphatic carbocycles. The van der Waals surface area contributed by atoms with Crippen LogP contribution >= 0.6 is 11.3 Å². The van der Waals surface area contributed by atoms with E-state index in [4.69, 9.17) is 4.42 Å². The third-order valence-corrected chi connectivity index (χ3v) is 4.19.